The number of methoxy groups -OCH3 is 1. The Kier molecular flexibility index (Phi) is 6.51. The number of ether oxygens (including phenoxy) is 2. The van der Waals surface area contributed by atoms with Gasteiger partial charge in [0.05, 0.1) is 29.4 Å². The van der Waals surface area contributed by atoms with Crippen molar-refractivity contribution in [3.63, 3.8) is 0 Å². The summed E-state index contributed by atoms with van der Waals surface area (Å²) >= 11 is 12.2. The monoisotopic (exact) mass is 385 g/mol. The third-order valence-corrected chi connectivity index (χ3v) is 3.83. The van der Waals surface area contributed by atoms with Crippen molar-refractivity contribution in [1.29, 1.82) is 0 Å². The van der Waals surface area contributed by atoms with E-state index < -0.39 is 11.7 Å². The van der Waals surface area contributed by atoms with Gasteiger partial charge in [-0.2, -0.15) is 0 Å². The molecule has 0 unspecified atom stereocenters. The second kappa shape index (κ2) is 8.41. The van der Waals surface area contributed by atoms with Crippen molar-refractivity contribution >= 4 is 34.8 Å². The number of carbonyl (C=O) groups is 1. The number of rotatable bonds is 6. The average Bonchev–Trinajstić information content (AvgIpc) is 2.55. The molecule has 1 amide bonds. The Morgan fingerprint density at radius 3 is 2.52 bits per heavy atom. The summed E-state index contributed by atoms with van der Waals surface area (Å²) in [5.41, 5.74) is 0.558. The summed E-state index contributed by atoms with van der Waals surface area (Å²) in [6.45, 7) is 4.48. The van der Waals surface area contributed by atoms with E-state index in [4.69, 9.17) is 32.7 Å². The van der Waals surface area contributed by atoms with E-state index in [1.807, 2.05) is 13.8 Å². The normalized spacial score (nSPS) is 10.7. The molecule has 0 aliphatic carbocycles. The molecule has 0 saturated carbocycles. The third kappa shape index (κ3) is 5.00. The Balaban J connectivity index is 2.26. The molecule has 0 aromatic heterocycles. The van der Waals surface area contributed by atoms with Crippen molar-refractivity contribution in [2.24, 2.45) is 5.92 Å². The molecule has 2 aromatic rings. The molecule has 0 radical (unpaired) electrons. The fraction of sp³-hybridized carbons (Fsp3) is 0.278. The van der Waals surface area contributed by atoms with Crippen molar-refractivity contribution < 1.29 is 18.7 Å². The van der Waals surface area contributed by atoms with Crippen LogP contribution in [0.1, 0.15) is 24.2 Å². The minimum atomic E-state index is -0.487. The number of anilines is 1. The van der Waals surface area contributed by atoms with Gasteiger partial charge in [0.25, 0.3) is 5.91 Å². The second-order valence-corrected chi connectivity index (χ2v) is 6.59. The maximum Gasteiger partial charge on any atom is 0.255 e. The fourth-order valence-corrected chi connectivity index (χ4v) is 2.51. The maximum atomic E-state index is 13.1. The van der Waals surface area contributed by atoms with E-state index in [1.54, 1.807) is 0 Å². The smallest absolute Gasteiger partial charge is 0.255 e. The number of halogens is 3. The van der Waals surface area contributed by atoms with Gasteiger partial charge in [-0.05, 0) is 36.2 Å². The topological polar surface area (TPSA) is 47.6 Å². The molecule has 0 fully saturated rings. The van der Waals surface area contributed by atoms with E-state index in [0.717, 1.165) is 6.07 Å². The molecule has 2 aromatic carbocycles. The Bertz CT molecular complexity index is 781. The number of hydrogen-bond acceptors (Lipinski definition) is 3. The predicted octanol–water partition coefficient (Wildman–Crippen LogP) is 5.43. The van der Waals surface area contributed by atoms with Crippen LogP contribution < -0.4 is 14.8 Å². The zero-order valence-corrected chi connectivity index (χ0v) is 15.5. The summed E-state index contributed by atoms with van der Waals surface area (Å²) in [6, 6.07) is 6.71. The lowest BCUT2D eigenvalue weighted by Crippen LogP contribution is -2.13. The summed E-state index contributed by atoms with van der Waals surface area (Å²) in [7, 11) is 1.46. The third-order valence-electron chi connectivity index (χ3n) is 3.23. The van der Waals surface area contributed by atoms with Gasteiger partial charge >= 0.3 is 0 Å². The van der Waals surface area contributed by atoms with Crippen LogP contribution in [0.5, 0.6) is 11.5 Å². The second-order valence-electron chi connectivity index (χ2n) is 5.77. The summed E-state index contributed by atoms with van der Waals surface area (Å²) in [4.78, 5) is 12.4. The summed E-state index contributed by atoms with van der Waals surface area (Å²) in [5, 5.41) is 2.97. The highest BCUT2D eigenvalue weighted by Crippen LogP contribution is 2.37. The highest BCUT2D eigenvalue weighted by Gasteiger charge is 2.17. The lowest BCUT2D eigenvalue weighted by molar-refractivity contribution is 0.102. The van der Waals surface area contributed by atoms with Crippen molar-refractivity contribution in [1.82, 2.24) is 0 Å². The van der Waals surface area contributed by atoms with E-state index in [0.29, 0.717) is 29.7 Å². The van der Waals surface area contributed by atoms with Gasteiger partial charge in [0.15, 0.2) is 11.5 Å². The van der Waals surface area contributed by atoms with Crippen LogP contribution in [-0.4, -0.2) is 19.6 Å². The first kappa shape index (κ1) is 19.3. The first-order chi connectivity index (χ1) is 11.8. The molecule has 25 heavy (non-hydrogen) atoms. The molecule has 0 heterocycles. The van der Waals surface area contributed by atoms with E-state index >= 15 is 0 Å². The zero-order valence-electron chi connectivity index (χ0n) is 14.0. The Morgan fingerprint density at radius 1 is 1.20 bits per heavy atom. The zero-order chi connectivity index (χ0) is 18.6. The number of nitrogens with one attached hydrogen (secondary N) is 1. The van der Waals surface area contributed by atoms with Gasteiger partial charge in [0.1, 0.15) is 5.82 Å². The maximum absolute atomic E-state index is 13.1. The van der Waals surface area contributed by atoms with Crippen molar-refractivity contribution in [2.75, 3.05) is 19.0 Å². The molecule has 0 aliphatic rings. The molecule has 0 aliphatic heterocycles. The van der Waals surface area contributed by atoms with Gasteiger partial charge in [-0.1, -0.05) is 37.0 Å². The minimum absolute atomic E-state index is 0.100. The lowest BCUT2D eigenvalue weighted by atomic mass is 10.1. The van der Waals surface area contributed by atoms with Gasteiger partial charge in [0, 0.05) is 5.56 Å². The molecular formula is C18H18Cl2FNO3. The molecule has 2 rings (SSSR count). The van der Waals surface area contributed by atoms with Crippen LogP contribution >= 0.6 is 23.2 Å². The molecular weight excluding hydrogens is 368 g/mol. The van der Waals surface area contributed by atoms with Crippen LogP contribution in [0.3, 0.4) is 0 Å². The van der Waals surface area contributed by atoms with Gasteiger partial charge in [-0.15, -0.1) is 0 Å². The van der Waals surface area contributed by atoms with E-state index in [2.05, 4.69) is 5.32 Å². The van der Waals surface area contributed by atoms with Gasteiger partial charge < -0.3 is 14.8 Å². The quantitative estimate of drug-likeness (QED) is 0.720. The summed E-state index contributed by atoms with van der Waals surface area (Å²) in [6.07, 6.45) is 0. The molecule has 0 saturated heterocycles. The largest absolute Gasteiger partial charge is 0.493 e. The Hall–Kier alpha value is -1.98. The van der Waals surface area contributed by atoms with Gasteiger partial charge in [0.2, 0.25) is 0 Å². The molecule has 4 nitrogen and oxygen atoms in total. The fourth-order valence-electron chi connectivity index (χ4n) is 2.03. The number of hydrogen-bond donors (Lipinski definition) is 1. The van der Waals surface area contributed by atoms with Crippen LogP contribution in [0, 0.1) is 11.7 Å². The van der Waals surface area contributed by atoms with Crippen LogP contribution in [0.15, 0.2) is 30.3 Å². The van der Waals surface area contributed by atoms with Crippen molar-refractivity contribution in [3.8, 4) is 11.5 Å². The van der Waals surface area contributed by atoms with Crippen LogP contribution in [0.25, 0.3) is 0 Å². The van der Waals surface area contributed by atoms with Gasteiger partial charge in [-0.3, -0.25) is 4.79 Å². The van der Waals surface area contributed by atoms with Crippen LogP contribution in [0.2, 0.25) is 10.0 Å². The Labute approximate surface area is 155 Å². The van der Waals surface area contributed by atoms with E-state index in [9.17, 15) is 9.18 Å². The standard InChI is InChI=1S/C18H18Cl2FNO3/c1-10(2)9-25-17-14(20)6-11(7-16(17)24-3)18(23)22-15-5-4-12(21)8-13(15)19/h4-8,10H,9H2,1-3H3,(H,22,23). The van der Waals surface area contributed by atoms with E-state index in [-0.39, 0.29) is 15.6 Å². The molecule has 0 bridgehead atoms. The highest BCUT2D eigenvalue weighted by atomic mass is 35.5. The van der Waals surface area contributed by atoms with Crippen molar-refractivity contribution in [3.05, 3.63) is 51.8 Å². The van der Waals surface area contributed by atoms with Gasteiger partial charge in [-0.25, -0.2) is 4.39 Å². The number of benzene rings is 2. The molecule has 0 atom stereocenters. The number of carbonyl (C=O) groups excluding carboxylic acids is 1. The van der Waals surface area contributed by atoms with Crippen LogP contribution in [0.4, 0.5) is 10.1 Å². The molecule has 1 N–H and O–H groups in total. The lowest BCUT2D eigenvalue weighted by Gasteiger charge is -2.15. The van der Waals surface area contributed by atoms with Crippen molar-refractivity contribution in [2.45, 2.75) is 13.8 Å². The predicted molar refractivity (Wildman–Crippen MR) is 97.7 cm³/mol. The highest BCUT2D eigenvalue weighted by molar-refractivity contribution is 6.34. The van der Waals surface area contributed by atoms with E-state index in [1.165, 1.54) is 31.4 Å². The number of amides is 1. The summed E-state index contributed by atoms with van der Waals surface area (Å²) < 4.78 is 24.0. The molecule has 0 spiro atoms. The average molecular weight is 386 g/mol. The summed E-state index contributed by atoms with van der Waals surface area (Å²) in [5.74, 6) is 0.102. The molecule has 7 heteroatoms. The molecule has 134 valence electrons. The SMILES string of the molecule is COc1cc(C(=O)Nc2ccc(F)cc2Cl)cc(Cl)c1OCC(C)C. The first-order valence-corrected chi connectivity index (χ1v) is 8.34. The minimum Gasteiger partial charge on any atom is -0.493 e. The van der Waals surface area contributed by atoms with Crippen LogP contribution in [-0.2, 0) is 0 Å². The first-order valence-electron chi connectivity index (χ1n) is 7.58. The Morgan fingerprint density at radius 2 is 1.92 bits per heavy atom.